The highest BCUT2D eigenvalue weighted by Gasteiger charge is 2.33. The van der Waals surface area contributed by atoms with Crippen LogP contribution < -0.4 is 10.6 Å². The lowest BCUT2D eigenvalue weighted by Gasteiger charge is -2.30. The average molecular weight is 272 g/mol. The van der Waals surface area contributed by atoms with Gasteiger partial charge in [0.1, 0.15) is 0 Å². The van der Waals surface area contributed by atoms with Gasteiger partial charge in [-0.05, 0) is 37.1 Å². The van der Waals surface area contributed by atoms with Crippen LogP contribution in [-0.2, 0) is 12.7 Å². The van der Waals surface area contributed by atoms with Crippen molar-refractivity contribution in [2.45, 2.75) is 32.1 Å². The summed E-state index contributed by atoms with van der Waals surface area (Å²) < 4.78 is 38.6. The van der Waals surface area contributed by atoms with Gasteiger partial charge < -0.3 is 10.6 Å². The summed E-state index contributed by atoms with van der Waals surface area (Å²) in [5, 5.41) is 6.54. The average Bonchev–Trinajstić information content (AvgIpc) is 2.37. The second-order valence-corrected chi connectivity index (χ2v) is 5.11. The molecule has 106 valence electrons. The molecular formula is C14H19F3N2. The highest BCUT2D eigenvalue weighted by Crippen LogP contribution is 2.31. The Bertz CT molecular complexity index is 417. The molecular weight excluding hydrogens is 253 g/mol. The largest absolute Gasteiger partial charge is 0.416 e. The quantitative estimate of drug-likeness (QED) is 0.884. The van der Waals surface area contributed by atoms with E-state index < -0.39 is 11.7 Å². The molecule has 1 saturated heterocycles. The Hall–Kier alpha value is -1.07. The van der Waals surface area contributed by atoms with E-state index >= 15 is 0 Å². The fraction of sp³-hybridized carbons (Fsp3) is 0.571. The van der Waals surface area contributed by atoms with Gasteiger partial charge in [0.05, 0.1) is 5.56 Å². The minimum Gasteiger partial charge on any atom is -0.316 e. The molecule has 1 fully saturated rings. The van der Waals surface area contributed by atoms with E-state index in [4.69, 9.17) is 0 Å². The summed E-state index contributed by atoms with van der Waals surface area (Å²) >= 11 is 0. The van der Waals surface area contributed by atoms with E-state index in [1.807, 2.05) is 0 Å². The molecule has 0 amide bonds. The van der Waals surface area contributed by atoms with Crippen molar-refractivity contribution in [2.75, 3.05) is 13.1 Å². The molecule has 0 aromatic heterocycles. The van der Waals surface area contributed by atoms with E-state index in [-0.39, 0.29) is 12.6 Å². The minimum atomic E-state index is -4.28. The number of piperidine rings is 1. The Kier molecular flexibility index (Phi) is 4.47. The normalized spacial score (nSPS) is 24.4. The second-order valence-electron chi connectivity index (χ2n) is 5.11. The number of hydrogen-bond acceptors (Lipinski definition) is 2. The van der Waals surface area contributed by atoms with E-state index in [0.29, 0.717) is 11.5 Å². The summed E-state index contributed by atoms with van der Waals surface area (Å²) in [4.78, 5) is 0. The molecule has 2 nitrogen and oxygen atoms in total. The zero-order chi connectivity index (χ0) is 13.9. The summed E-state index contributed by atoms with van der Waals surface area (Å²) in [5.74, 6) is 0.437. The molecule has 2 unspecified atom stereocenters. The topological polar surface area (TPSA) is 24.1 Å². The second kappa shape index (κ2) is 5.92. The molecule has 0 bridgehead atoms. The van der Waals surface area contributed by atoms with Crippen molar-refractivity contribution in [3.63, 3.8) is 0 Å². The smallest absolute Gasteiger partial charge is 0.316 e. The monoisotopic (exact) mass is 272 g/mol. The Labute approximate surface area is 111 Å². The SMILES string of the molecule is CC1CNCCC1NCc1ccccc1C(F)(F)F. The third-order valence-electron chi connectivity index (χ3n) is 3.66. The van der Waals surface area contributed by atoms with Gasteiger partial charge in [0, 0.05) is 12.6 Å². The zero-order valence-electron chi connectivity index (χ0n) is 10.9. The summed E-state index contributed by atoms with van der Waals surface area (Å²) in [6.45, 7) is 4.21. The van der Waals surface area contributed by atoms with Gasteiger partial charge in [-0.25, -0.2) is 0 Å². The van der Waals surface area contributed by atoms with Crippen LogP contribution in [0.25, 0.3) is 0 Å². The Balaban J connectivity index is 2.03. The molecule has 2 N–H and O–H groups in total. The fourth-order valence-electron chi connectivity index (χ4n) is 2.51. The van der Waals surface area contributed by atoms with Gasteiger partial charge in [0.25, 0.3) is 0 Å². The van der Waals surface area contributed by atoms with Gasteiger partial charge in [0.15, 0.2) is 0 Å². The van der Waals surface area contributed by atoms with Crippen LogP contribution in [0.5, 0.6) is 0 Å². The van der Waals surface area contributed by atoms with Gasteiger partial charge in [-0.15, -0.1) is 0 Å². The van der Waals surface area contributed by atoms with Gasteiger partial charge in [0.2, 0.25) is 0 Å². The third-order valence-corrected chi connectivity index (χ3v) is 3.66. The van der Waals surface area contributed by atoms with Crippen molar-refractivity contribution < 1.29 is 13.2 Å². The van der Waals surface area contributed by atoms with Crippen molar-refractivity contribution in [1.29, 1.82) is 0 Å². The van der Waals surface area contributed by atoms with Crippen molar-refractivity contribution in [2.24, 2.45) is 5.92 Å². The lowest BCUT2D eigenvalue weighted by atomic mass is 9.95. The predicted octanol–water partition coefficient (Wildman–Crippen LogP) is 2.79. The first-order chi connectivity index (χ1) is 8.98. The summed E-state index contributed by atoms with van der Waals surface area (Å²) in [6.07, 6.45) is -3.33. The minimum absolute atomic E-state index is 0.269. The van der Waals surface area contributed by atoms with Crippen molar-refractivity contribution in [3.05, 3.63) is 35.4 Å². The first-order valence-corrected chi connectivity index (χ1v) is 6.57. The molecule has 1 aromatic carbocycles. The molecule has 1 aliphatic heterocycles. The molecule has 0 spiro atoms. The van der Waals surface area contributed by atoms with E-state index in [0.717, 1.165) is 25.6 Å². The molecule has 0 aliphatic carbocycles. The van der Waals surface area contributed by atoms with Crippen LogP contribution in [0.1, 0.15) is 24.5 Å². The molecule has 2 rings (SSSR count). The Morgan fingerprint density at radius 3 is 2.74 bits per heavy atom. The van der Waals surface area contributed by atoms with Gasteiger partial charge in [-0.3, -0.25) is 0 Å². The molecule has 1 heterocycles. The van der Waals surface area contributed by atoms with Gasteiger partial charge in [-0.1, -0.05) is 25.1 Å². The molecule has 5 heteroatoms. The van der Waals surface area contributed by atoms with Crippen LogP contribution in [0.15, 0.2) is 24.3 Å². The Morgan fingerprint density at radius 2 is 2.05 bits per heavy atom. The number of nitrogens with one attached hydrogen (secondary N) is 2. The molecule has 0 saturated carbocycles. The van der Waals surface area contributed by atoms with Crippen molar-refractivity contribution in [1.82, 2.24) is 10.6 Å². The molecule has 19 heavy (non-hydrogen) atoms. The standard InChI is InChI=1S/C14H19F3N2/c1-10-8-18-7-6-13(10)19-9-11-4-2-3-5-12(11)14(15,16)17/h2-5,10,13,18-19H,6-9H2,1H3. The maximum atomic E-state index is 12.9. The fourth-order valence-corrected chi connectivity index (χ4v) is 2.51. The first-order valence-electron chi connectivity index (χ1n) is 6.57. The van der Waals surface area contributed by atoms with Gasteiger partial charge in [-0.2, -0.15) is 13.2 Å². The molecule has 2 atom stereocenters. The van der Waals surface area contributed by atoms with E-state index in [1.54, 1.807) is 12.1 Å². The number of halogens is 3. The van der Waals surface area contributed by atoms with Crippen LogP contribution in [0.3, 0.4) is 0 Å². The maximum absolute atomic E-state index is 12.9. The van der Waals surface area contributed by atoms with E-state index in [1.165, 1.54) is 6.07 Å². The first kappa shape index (κ1) is 14.3. The number of hydrogen-bond donors (Lipinski definition) is 2. The van der Waals surface area contributed by atoms with Crippen LogP contribution in [0, 0.1) is 5.92 Å². The predicted molar refractivity (Wildman–Crippen MR) is 68.7 cm³/mol. The summed E-state index contributed by atoms with van der Waals surface area (Å²) in [5.41, 5.74) is -0.218. The van der Waals surface area contributed by atoms with Crippen molar-refractivity contribution in [3.8, 4) is 0 Å². The number of benzene rings is 1. The lowest BCUT2D eigenvalue weighted by molar-refractivity contribution is -0.138. The zero-order valence-corrected chi connectivity index (χ0v) is 10.9. The number of rotatable bonds is 3. The van der Waals surface area contributed by atoms with E-state index in [9.17, 15) is 13.2 Å². The molecule has 0 radical (unpaired) electrons. The van der Waals surface area contributed by atoms with E-state index in [2.05, 4.69) is 17.6 Å². The van der Waals surface area contributed by atoms with Crippen LogP contribution in [-0.4, -0.2) is 19.1 Å². The Morgan fingerprint density at radius 1 is 1.32 bits per heavy atom. The van der Waals surface area contributed by atoms with Crippen LogP contribution in [0.2, 0.25) is 0 Å². The highest BCUT2D eigenvalue weighted by molar-refractivity contribution is 5.29. The third kappa shape index (κ3) is 3.70. The summed E-state index contributed by atoms with van der Waals surface area (Å²) in [6, 6.07) is 6.05. The molecule has 1 aliphatic rings. The number of alkyl halides is 3. The van der Waals surface area contributed by atoms with Crippen LogP contribution in [0.4, 0.5) is 13.2 Å². The molecule has 1 aromatic rings. The maximum Gasteiger partial charge on any atom is 0.416 e. The summed E-state index contributed by atoms with van der Waals surface area (Å²) in [7, 11) is 0. The van der Waals surface area contributed by atoms with Crippen molar-refractivity contribution >= 4 is 0 Å². The van der Waals surface area contributed by atoms with Crippen LogP contribution >= 0.6 is 0 Å². The van der Waals surface area contributed by atoms with Gasteiger partial charge >= 0.3 is 6.18 Å². The lowest BCUT2D eigenvalue weighted by Crippen LogP contribution is -2.46. The highest BCUT2D eigenvalue weighted by atomic mass is 19.4.